The van der Waals surface area contributed by atoms with Crippen molar-refractivity contribution in [2.45, 2.75) is 19.9 Å². The van der Waals surface area contributed by atoms with Crippen molar-refractivity contribution in [3.8, 4) is 0 Å². The molecular weight excluding hydrogens is 218 g/mol. The first kappa shape index (κ1) is 13.2. The summed E-state index contributed by atoms with van der Waals surface area (Å²) < 4.78 is 0. The molecule has 92 valence electrons. The number of carbonyl (C=O) groups excluding carboxylic acids is 2. The van der Waals surface area contributed by atoms with Crippen LogP contribution in [0.5, 0.6) is 0 Å². The second-order valence-electron chi connectivity index (χ2n) is 4.12. The molecule has 1 rings (SSSR count). The number of pyridine rings is 1. The molecule has 0 aliphatic heterocycles. The molecule has 1 N–H and O–H groups in total. The first-order valence-corrected chi connectivity index (χ1v) is 5.45. The van der Waals surface area contributed by atoms with Crippen molar-refractivity contribution in [1.29, 1.82) is 0 Å². The van der Waals surface area contributed by atoms with E-state index in [9.17, 15) is 9.59 Å². The number of rotatable bonds is 4. The van der Waals surface area contributed by atoms with Gasteiger partial charge in [-0.1, -0.05) is 0 Å². The summed E-state index contributed by atoms with van der Waals surface area (Å²) in [5, 5.41) is 2.73. The van der Waals surface area contributed by atoms with Gasteiger partial charge in [-0.05, 0) is 26.0 Å². The predicted molar refractivity (Wildman–Crippen MR) is 64.5 cm³/mol. The Balaban J connectivity index is 2.56. The minimum atomic E-state index is -0.189. The van der Waals surface area contributed by atoms with E-state index in [0.717, 1.165) is 0 Å². The van der Waals surface area contributed by atoms with Crippen molar-refractivity contribution in [2.24, 2.45) is 0 Å². The lowest BCUT2D eigenvalue weighted by molar-refractivity contribution is -0.122. The van der Waals surface area contributed by atoms with Crippen molar-refractivity contribution < 1.29 is 9.59 Å². The van der Waals surface area contributed by atoms with Gasteiger partial charge >= 0.3 is 0 Å². The summed E-state index contributed by atoms with van der Waals surface area (Å²) >= 11 is 0. The van der Waals surface area contributed by atoms with Crippen molar-refractivity contribution in [3.63, 3.8) is 0 Å². The highest BCUT2D eigenvalue weighted by molar-refractivity contribution is 5.96. The van der Waals surface area contributed by atoms with Crippen molar-refractivity contribution in [1.82, 2.24) is 15.2 Å². The van der Waals surface area contributed by atoms with E-state index in [1.165, 1.54) is 4.90 Å². The van der Waals surface area contributed by atoms with Gasteiger partial charge in [-0.3, -0.25) is 14.6 Å². The fourth-order valence-electron chi connectivity index (χ4n) is 1.37. The summed E-state index contributed by atoms with van der Waals surface area (Å²) in [7, 11) is 1.60. The van der Waals surface area contributed by atoms with Crippen LogP contribution in [0.1, 0.15) is 24.2 Å². The number of hydrogen-bond acceptors (Lipinski definition) is 3. The van der Waals surface area contributed by atoms with Crippen molar-refractivity contribution in [3.05, 3.63) is 30.1 Å². The van der Waals surface area contributed by atoms with E-state index in [2.05, 4.69) is 10.3 Å². The third-order valence-electron chi connectivity index (χ3n) is 2.10. The molecule has 0 bridgehead atoms. The molecule has 0 saturated heterocycles. The lowest BCUT2D eigenvalue weighted by atomic mass is 10.2. The number of nitrogens with zero attached hydrogens (tertiary/aromatic N) is 2. The molecular formula is C12H17N3O2. The zero-order valence-corrected chi connectivity index (χ0v) is 10.3. The zero-order valence-electron chi connectivity index (χ0n) is 10.3. The van der Waals surface area contributed by atoms with Crippen LogP contribution in [0.25, 0.3) is 0 Å². The Morgan fingerprint density at radius 3 is 2.47 bits per heavy atom. The SMILES string of the molecule is CC(C)NC(=O)CN(C)C(=O)c1ccncc1. The Morgan fingerprint density at radius 2 is 1.94 bits per heavy atom. The minimum Gasteiger partial charge on any atom is -0.352 e. The molecule has 2 amide bonds. The van der Waals surface area contributed by atoms with E-state index in [0.29, 0.717) is 5.56 Å². The number of aromatic nitrogens is 1. The Labute approximate surface area is 101 Å². The quantitative estimate of drug-likeness (QED) is 0.834. The summed E-state index contributed by atoms with van der Waals surface area (Å²) in [6, 6.07) is 3.32. The molecule has 0 radical (unpaired) electrons. The highest BCUT2D eigenvalue weighted by Gasteiger charge is 2.14. The maximum Gasteiger partial charge on any atom is 0.254 e. The third kappa shape index (κ3) is 4.22. The van der Waals surface area contributed by atoms with Gasteiger partial charge in [0.2, 0.25) is 5.91 Å². The molecule has 1 aromatic heterocycles. The molecule has 1 aromatic rings. The average Bonchev–Trinajstić information content (AvgIpc) is 2.28. The lowest BCUT2D eigenvalue weighted by Crippen LogP contribution is -2.40. The van der Waals surface area contributed by atoms with Crippen molar-refractivity contribution >= 4 is 11.8 Å². The Kier molecular flexibility index (Phi) is 4.63. The Bertz CT molecular complexity index is 390. The molecule has 5 nitrogen and oxygen atoms in total. The van der Waals surface area contributed by atoms with Gasteiger partial charge in [-0.2, -0.15) is 0 Å². The van der Waals surface area contributed by atoms with Crippen LogP contribution in [0.3, 0.4) is 0 Å². The average molecular weight is 235 g/mol. The molecule has 0 saturated carbocycles. The maximum atomic E-state index is 11.9. The molecule has 0 atom stereocenters. The number of hydrogen-bond donors (Lipinski definition) is 1. The summed E-state index contributed by atoms with van der Waals surface area (Å²) in [5.74, 6) is -0.351. The van der Waals surface area contributed by atoms with Crippen LogP contribution < -0.4 is 5.32 Å². The molecule has 17 heavy (non-hydrogen) atoms. The van der Waals surface area contributed by atoms with Crippen LogP contribution in [0, 0.1) is 0 Å². The topological polar surface area (TPSA) is 62.3 Å². The van der Waals surface area contributed by atoms with Crippen LogP contribution in [-0.2, 0) is 4.79 Å². The molecule has 0 fully saturated rings. The fourth-order valence-corrected chi connectivity index (χ4v) is 1.37. The van der Waals surface area contributed by atoms with Crippen LogP contribution in [-0.4, -0.2) is 41.3 Å². The second kappa shape index (κ2) is 5.98. The van der Waals surface area contributed by atoms with Gasteiger partial charge in [0.15, 0.2) is 0 Å². The minimum absolute atomic E-state index is 0.0549. The first-order chi connectivity index (χ1) is 8.00. The maximum absolute atomic E-state index is 11.9. The number of nitrogens with one attached hydrogen (secondary N) is 1. The molecule has 0 aliphatic carbocycles. The highest BCUT2D eigenvalue weighted by Crippen LogP contribution is 2.01. The first-order valence-electron chi connectivity index (χ1n) is 5.45. The second-order valence-corrected chi connectivity index (χ2v) is 4.12. The summed E-state index contributed by atoms with van der Waals surface area (Å²) in [4.78, 5) is 28.6. The standard InChI is InChI=1S/C12H17N3O2/c1-9(2)14-11(16)8-15(3)12(17)10-4-6-13-7-5-10/h4-7,9H,8H2,1-3H3,(H,14,16). The summed E-state index contributed by atoms with van der Waals surface area (Å²) in [5.41, 5.74) is 0.528. The molecule has 5 heteroatoms. The molecule has 1 heterocycles. The van der Waals surface area contributed by atoms with Crippen LogP contribution in [0.15, 0.2) is 24.5 Å². The lowest BCUT2D eigenvalue weighted by Gasteiger charge is -2.17. The third-order valence-corrected chi connectivity index (χ3v) is 2.10. The number of carbonyl (C=O) groups is 2. The number of likely N-dealkylation sites (N-methyl/N-ethyl adjacent to an activating group) is 1. The Hall–Kier alpha value is -1.91. The summed E-state index contributed by atoms with van der Waals surface area (Å²) in [6.07, 6.45) is 3.10. The van der Waals surface area contributed by atoms with Gasteiger partial charge in [0, 0.05) is 31.0 Å². The Morgan fingerprint density at radius 1 is 1.35 bits per heavy atom. The fraction of sp³-hybridized carbons (Fsp3) is 0.417. The van der Waals surface area contributed by atoms with E-state index in [1.54, 1.807) is 31.6 Å². The summed E-state index contributed by atoms with van der Waals surface area (Å²) in [6.45, 7) is 3.81. The number of amides is 2. The van der Waals surface area contributed by atoms with E-state index >= 15 is 0 Å². The van der Waals surface area contributed by atoms with E-state index in [4.69, 9.17) is 0 Å². The monoisotopic (exact) mass is 235 g/mol. The highest BCUT2D eigenvalue weighted by atomic mass is 16.2. The van der Waals surface area contributed by atoms with Crippen LogP contribution >= 0.6 is 0 Å². The van der Waals surface area contributed by atoms with E-state index < -0.39 is 0 Å². The predicted octanol–water partition coefficient (Wildman–Crippen LogP) is 0.678. The molecule has 0 unspecified atom stereocenters. The van der Waals surface area contributed by atoms with Gasteiger partial charge in [0.25, 0.3) is 5.91 Å². The smallest absolute Gasteiger partial charge is 0.254 e. The van der Waals surface area contributed by atoms with Gasteiger partial charge in [0.05, 0.1) is 6.54 Å². The van der Waals surface area contributed by atoms with Gasteiger partial charge < -0.3 is 10.2 Å². The largest absolute Gasteiger partial charge is 0.352 e. The van der Waals surface area contributed by atoms with E-state index in [1.807, 2.05) is 13.8 Å². The molecule has 0 spiro atoms. The van der Waals surface area contributed by atoms with Crippen molar-refractivity contribution in [2.75, 3.05) is 13.6 Å². The molecule has 0 aromatic carbocycles. The van der Waals surface area contributed by atoms with E-state index in [-0.39, 0.29) is 24.4 Å². The van der Waals surface area contributed by atoms with Crippen LogP contribution in [0.4, 0.5) is 0 Å². The van der Waals surface area contributed by atoms with Gasteiger partial charge in [0.1, 0.15) is 0 Å². The molecule has 0 aliphatic rings. The van der Waals surface area contributed by atoms with Gasteiger partial charge in [-0.15, -0.1) is 0 Å². The zero-order chi connectivity index (χ0) is 12.8. The van der Waals surface area contributed by atoms with Crippen LogP contribution in [0.2, 0.25) is 0 Å². The van der Waals surface area contributed by atoms with Gasteiger partial charge in [-0.25, -0.2) is 0 Å². The normalized spacial score (nSPS) is 10.1.